The first-order chi connectivity index (χ1) is 10.8. The third-order valence-electron chi connectivity index (χ3n) is 4.56. The van der Waals surface area contributed by atoms with Crippen LogP contribution in [0.25, 0.3) is 0 Å². The Kier molecular flexibility index (Phi) is 4.93. The van der Waals surface area contributed by atoms with E-state index < -0.39 is 17.6 Å². The third kappa shape index (κ3) is 3.31. The molecule has 2 aliphatic heterocycles. The van der Waals surface area contributed by atoms with Crippen molar-refractivity contribution in [2.45, 2.75) is 31.4 Å². The number of hydrogen-bond acceptors (Lipinski definition) is 4. The van der Waals surface area contributed by atoms with Crippen molar-refractivity contribution in [1.82, 2.24) is 14.7 Å². The van der Waals surface area contributed by atoms with Gasteiger partial charge in [0.05, 0.1) is 13.1 Å². The molecule has 2 saturated heterocycles. The molecule has 2 atom stereocenters. The molecule has 0 aromatic rings. The number of carbonyl (C=O) groups is 3. The van der Waals surface area contributed by atoms with Gasteiger partial charge in [-0.2, -0.15) is 0 Å². The summed E-state index contributed by atoms with van der Waals surface area (Å²) in [5, 5.41) is 0. The molecule has 0 saturated carbocycles. The maximum Gasteiger partial charge on any atom is 0.320 e. The van der Waals surface area contributed by atoms with Crippen molar-refractivity contribution in [3.63, 3.8) is 0 Å². The molecule has 0 aromatic heterocycles. The zero-order valence-corrected chi connectivity index (χ0v) is 13.7. The van der Waals surface area contributed by atoms with Crippen molar-refractivity contribution in [1.29, 1.82) is 0 Å². The summed E-state index contributed by atoms with van der Waals surface area (Å²) < 4.78 is 5.78. The number of urea groups is 1. The molecule has 1 unspecified atom stereocenters. The first-order valence-corrected chi connectivity index (χ1v) is 7.70. The smallest absolute Gasteiger partial charge is 0.320 e. The molecule has 2 aliphatic rings. The van der Waals surface area contributed by atoms with Crippen LogP contribution >= 0.6 is 0 Å². The van der Waals surface area contributed by atoms with Crippen LogP contribution in [0.4, 0.5) is 4.79 Å². The second-order valence-electron chi connectivity index (χ2n) is 6.09. The van der Waals surface area contributed by atoms with E-state index in [0.29, 0.717) is 32.5 Å². The predicted molar refractivity (Wildman–Crippen MR) is 83.2 cm³/mol. The normalized spacial score (nSPS) is 24.8. The number of hydrogen-bond donors (Lipinski definition) is 1. The maximum absolute atomic E-state index is 12.6. The molecule has 8 nitrogen and oxygen atoms in total. The number of nitrogens with two attached hydrogens (primary N) is 1. The van der Waals surface area contributed by atoms with Gasteiger partial charge in [-0.15, -0.1) is 0 Å². The van der Waals surface area contributed by atoms with Crippen LogP contribution in [-0.2, 0) is 14.3 Å². The van der Waals surface area contributed by atoms with Crippen molar-refractivity contribution in [2.75, 3.05) is 33.4 Å². The maximum atomic E-state index is 12.6. The van der Waals surface area contributed by atoms with Crippen LogP contribution in [-0.4, -0.2) is 77.6 Å². The summed E-state index contributed by atoms with van der Waals surface area (Å²) >= 11 is 0. The summed E-state index contributed by atoms with van der Waals surface area (Å²) in [7, 11) is 1.58. The fourth-order valence-electron chi connectivity index (χ4n) is 3.20. The van der Waals surface area contributed by atoms with Gasteiger partial charge in [0.25, 0.3) is 0 Å². The van der Waals surface area contributed by atoms with Gasteiger partial charge in [0.15, 0.2) is 0 Å². The second-order valence-corrected chi connectivity index (χ2v) is 6.09. The van der Waals surface area contributed by atoms with Gasteiger partial charge in [0.2, 0.25) is 11.8 Å². The molecule has 0 bridgehead atoms. The van der Waals surface area contributed by atoms with E-state index in [2.05, 4.69) is 6.58 Å². The van der Waals surface area contributed by atoms with Gasteiger partial charge in [0.1, 0.15) is 18.4 Å². The summed E-state index contributed by atoms with van der Waals surface area (Å²) in [4.78, 5) is 40.2. The Labute approximate surface area is 135 Å². The SMILES string of the molecule is C=CC(=O)N1CO[C@]2(CCN(C(=O)N(C)C(CC)C(N)=O)C2)C1. The van der Waals surface area contributed by atoms with Gasteiger partial charge in [-0.05, 0) is 18.9 Å². The standard InChI is InChI=1S/C15H24N4O4/c1-4-11(13(16)21)17(3)14(22)18-7-6-15(8-18)9-19(10-23-15)12(20)5-2/h5,11H,2,4,6-10H2,1,3H3,(H2,16,21)/t11?,15-/m0/s1. The zero-order valence-electron chi connectivity index (χ0n) is 13.7. The number of carbonyl (C=O) groups excluding carboxylic acids is 3. The Hall–Kier alpha value is -2.09. The van der Waals surface area contributed by atoms with E-state index in [0.717, 1.165) is 0 Å². The van der Waals surface area contributed by atoms with E-state index in [1.54, 1.807) is 16.8 Å². The van der Waals surface area contributed by atoms with Crippen LogP contribution in [0.2, 0.25) is 0 Å². The number of rotatable bonds is 4. The Morgan fingerprint density at radius 3 is 2.61 bits per heavy atom. The lowest BCUT2D eigenvalue weighted by Gasteiger charge is -2.30. The summed E-state index contributed by atoms with van der Waals surface area (Å²) in [5.41, 5.74) is 4.81. The lowest BCUT2D eigenvalue weighted by atomic mass is 10.0. The first kappa shape index (κ1) is 17.3. The van der Waals surface area contributed by atoms with E-state index in [1.165, 1.54) is 11.0 Å². The van der Waals surface area contributed by atoms with Crippen molar-refractivity contribution < 1.29 is 19.1 Å². The quantitative estimate of drug-likeness (QED) is 0.721. The summed E-state index contributed by atoms with van der Waals surface area (Å²) in [6.45, 7) is 6.85. The zero-order chi connectivity index (χ0) is 17.2. The molecule has 2 rings (SSSR count). The minimum absolute atomic E-state index is 0.177. The van der Waals surface area contributed by atoms with E-state index in [4.69, 9.17) is 10.5 Å². The summed E-state index contributed by atoms with van der Waals surface area (Å²) in [5.74, 6) is -0.694. The second kappa shape index (κ2) is 6.57. The molecule has 128 valence electrons. The van der Waals surface area contributed by atoms with Gasteiger partial charge < -0.3 is 25.2 Å². The molecule has 2 fully saturated rings. The van der Waals surface area contributed by atoms with E-state index in [9.17, 15) is 14.4 Å². The highest BCUT2D eigenvalue weighted by Gasteiger charge is 2.47. The number of primary amides is 1. The molecule has 4 amide bonds. The number of ether oxygens (including phenoxy) is 1. The van der Waals surface area contributed by atoms with Crippen LogP contribution in [0.1, 0.15) is 19.8 Å². The molecule has 1 spiro atoms. The van der Waals surface area contributed by atoms with Crippen molar-refractivity contribution in [3.05, 3.63) is 12.7 Å². The lowest BCUT2D eigenvalue weighted by Crippen LogP contribution is -2.51. The lowest BCUT2D eigenvalue weighted by molar-refractivity contribution is -0.126. The Bertz CT molecular complexity index is 524. The fraction of sp³-hybridized carbons (Fsp3) is 0.667. The molecule has 2 N–H and O–H groups in total. The predicted octanol–water partition coefficient (Wildman–Crippen LogP) is -0.251. The highest BCUT2D eigenvalue weighted by molar-refractivity contribution is 5.87. The summed E-state index contributed by atoms with van der Waals surface area (Å²) in [6, 6.07) is -0.869. The van der Waals surface area contributed by atoms with E-state index >= 15 is 0 Å². The minimum Gasteiger partial charge on any atom is -0.368 e. The molecule has 23 heavy (non-hydrogen) atoms. The topological polar surface area (TPSA) is 96.2 Å². The highest BCUT2D eigenvalue weighted by atomic mass is 16.5. The Morgan fingerprint density at radius 2 is 2.04 bits per heavy atom. The van der Waals surface area contributed by atoms with Crippen LogP contribution in [0.15, 0.2) is 12.7 Å². The van der Waals surface area contributed by atoms with E-state index in [-0.39, 0.29) is 18.7 Å². The van der Waals surface area contributed by atoms with Crippen LogP contribution in [0.3, 0.4) is 0 Å². The monoisotopic (exact) mass is 324 g/mol. The fourth-order valence-corrected chi connectivity index (χ4v) is 3.20. The van der Waals surface area contributed by atoms with Gasteiger partial charge in [-0.3, -0.25) is 9.59 Å². The highest BCUT2D eigenvalue weighted by Crippen LogP contribution is 2.32. The molecular weight excluding hydrogens is 300 g/mol. The molecule has 0 aliphatic carbocycles. The first-order valence-electron chi connectivity index (χ1n) is 7.70. The number of nitrogens with zero attached hydrogens (tertiary/aromatic N) is 3. The van der Waals surface area contributed by atoms with E-state index in [1.807, 2.05) is 6.92 Å². The van der Waals surface area contributed by atoms with Crippen LogP contribution in [0, 0.1) is 0 Å². The molecule has 0 aromatic carbocycles. The van der Waals surface area contributed by atoms with Crippen molar-refractivity contribution in [2.24, 2.45) is 5.73 Å². The third-order valence-corrected chi connectivity index (χ3v) is 4.56. The van der Waals surface area contributed by atoms with Crippen molar-refractivity contribution in [3.8, 4) is 0 Å². The van der Waals surface area contributed by atoms with Gasteiger partial charge in [0, 0.05) is 13.6 Å². The number of amides is 4. The molecule has 0 radical (unpaired) electrons. The van der Waals surface area contributed by atoms with Gasteiger partial charge >= 0.3 is 6.03 Å². The number of likely N-dealkylation sites (tertiary alicyclic amines) is 1. The largest absolute Gasteiger partial charge is 0.368 e. The summed E-state index contributed by atoms with van der Waals surface area (Å²) in [6.07, 6.45) is 2.38. The van der Waals surface area contributed by atoms with Crippen molar-refractivity contribution >= 4 is 17.8 Å². The average Bonchev–Trinajstić information content (AvgIpc) is 3.13. The molecule has 8 heteroatoms. The minimum atomic E-state index is -0.623. The van der Waals surface area contributed by atoms with Crippen LogP contribution < -0.4 is 5.73 Å². The number of likely N-dealkylation sites (N-methyl/N-ethyl adjacent to an activating group) is 1. The Morgan fingerprint density at radius 1 is 1.39 bits per heavy atom. The van der Waals surface area contributed by atoms with Gasteiger partial charge in [-0.1, -0.05) is 13.5 Å². The Balaban J connectivity index is 2.00. The molecule has 2 heterocycles. The van der Waals surface area contributed by atoms with Gasteiger partial charge in [-0.25, -0.2) is 4.79 Å². The average molecular weight is 324 g/mol. The van der Waals surface area contributed by atoms with Crippen LogP contribution in [0.5, 0.6) is 0 Å². The molecular formula is C15H24N4O4.